The summed E-state index contributed by atoms with van der Waals surface area (Å²) in [5, 5.41) is 5.97. The molecule has 0 atom stereocenters. The van der Waals surface area contributed by atoms with Gasteiger partial charge >= 0.3 is 0 Å². The van der Waals surface area contributed by atoms with Gasteiger partial charge in [0.2, 0.25) is 5.36 Å². The van der Waals surface area contributed by atoms with E-state index in [0.717, 1.165) is 26.1 Å². The first-order valence-electron chi connectivity index (χ1n) is 12.7. The molecule has 2 heterocycles. The van der Waals surface area contributed by atoms with Crippen molar-refractivity contribution in [2.75, 3.05) is 31.6 Å². The van der Waals surface area contributed by atoms with E-state index < -0.39 is 8.07 Å². The van der Waals surface area contributed by atoms with Gasteiger partial charge in [0.25, 0.3) is 0 Å². The number of hydrogen-bond acceptors (Lipinski definition) is 1. The Bertz CT molecular complexity index is 1460. The maximum absolute atomic E-state index is 3.99. The summed E-state index contributed by atoms with van der Waals surface area (Å²) in [7, 11) is 0.274. The van der Waals surface area contributed by atoms with Gasteiger partial charge < -0.3 is 4.90 Å². The maximum Gasteiger partial charge on any atom is 0.203 e. The van der Waals surface area contributed by atoms with Crippen LogP contribution in [0.5, 0.6) is 0 Å². The number of anilines is 1. The van der Waals surface area contributed by atoms with Crippen molar-refractivity contribution in [2.45, 2.75) is 33.4 Å². The summed E-state index contributed by atoms with van der Waals surface area (Å²) in [5.41, 5.74) is 9.67. The summed E-state index contributed by atoms with van der Waals surface area (Å²) in [6, 6.07) is 18.9. The molecule has 0 N–H and O–H groups in total. The number of benzene rings is 3. The lowest BCUT2D eigenvalue weighted by atomic mass is 9.88. The van der Waals surface area contributed by atoms with Crippen LogP contribution in [0.4, 0.5) is 5.69 Å². The summed E-state index contributed by atoms with van der Waals surface area (Å²) >= 11 is 0. The molecule has 0 unspecified atom stereocenters. The molecule has 0 aromatic heterocycles. The van der Waals surface area contributed by atoms with E-state index in [1.54, 1.807) is 5.19 Å². The summed E-state index contributed by atoms with van der Waals surface area (Å²) < 4.78 is 2.43. The van der Waals surface area contributed by atoms with Crippen molar-refractivity contribution in [3.63, 3.8) is 0 Å². The smallest absolute Gasteiger partial charge is 0.203 e. The average molecular weight is 478 g/mol. The molecule has 0 fully saturated rings. The number of likely N-dealkylation sites (N-methyl/N-ethyl adjacent to an activating group) is 1. The molecule has 0 saturated carbocycles. The first-order valence-corrected chi connectivity index (χ1v) is 15.7. The van der Waals surface area contributed by atoms with E-state index in [0.29, 0.717) is 0 Å². The Hall–Kier alpha value is -3.17. The van der Waals surface area contributed by atoms with E-state index in [4.69, 9.17) is 0 Å². The highest BCUT2D eigenvalue weighted by molar-refractivity contribution is 7.01. The quantitative estimate of drug-likeness (QED) is 0.299. The maximum atomic E-state index is 3.99. The highest BCUT2D eigenvalue weighted by atomic mass is 28.3. The third-order valence-corrected chi connectivity index (χ3v) is 11.6. The summed E-state index contributed by atoms with van der Waals surface area (Å²) in [5.74, 6) is 0. The number of fused-ring (bicyclic) bond motifs is 3. The van der Waals surface area contributed by atoms with E-state index in [2.05, 4.69) is 105 Å². The molecule has 5 rings (SSSR count). The van der Waals surface area contributed by atoms with Crippen LogP contribution in [-0.2, 0) is 6.42 Å². The van der Waals surface area contributed by atoms with Crippen LogP contribution >= 0.6 is 0 Å². The van der Waals surface area contributed by atoms with Crippen LogP contribution in [-0.4, -0.2) is 34.8 Å². The van der Waals surface area contributed by atoms with Crippen LogP contribution in [0.15, 0.2) is 73.8 Å². The second-order valence-corrected chi connectivity index (χ2v) is 15.0. The van der Waals surface area contributed by atoms with Crippen LogP contribution in [0, 0.1) is 13.8 Å². The first-order chi connectivity index (χ1) is 16.8. The molecule has 35 heavy (non-hydrogen) atoms. The van der Waals surface area contributed by atoms with E-state index in [1.165, 1.54) is 54.8 Å². The van der Waals surface area contributed by atoms with Crippen LogP contribution in [0.1, 0.15) is 27.8 Å². The highest BCUT2D eigenvalue weighted by Gasteiger charge is 2.37. The van der Waals surface area contributed by atoms with Crippen molar-refractivity contribution in [3.05, 3.63) is 112 Å². The summed E-state index contributed by atoms with van der Waals surface area (Å²) in [6.07, 6.45) is 5.09. The Morgan fingerprint density at radius 2 is 1.63 bits per heavy atom. The lowest BCUT2D eigenvalue weighted by Gasteiger charge is -2.35. The fraction of sp³-hybridized carbons (Fsp3) is 0.281. The normalized spacial score (nSPS) is 15.3. The summed E-state index contributed by atoms with van der Waals surface area (Å²) in [6.45, 7) is 20.3. The predicted octanol–water partition coefficient (Wildman–Crippen LogP) is 3.54. The minimum Gasteiger partial charge on any atom is -0.364 e. The Morgan fingerprint density at radius 1 is 0.943 bits per heavy atom. The Kier molecular flexibility index (Phi) is 5.92. The Morgan fingerprint density at radius 3 is 2.29 bits per heavy atom. The van der Waals surface area contributed by atoms with Gasteiger partial charge in [-0.3, -0.25) is 0 Å². The average Bonchev–Trinajstić information content (AvgIpc) is 3.19. The van der Waals surface area contributed by atoms with Gasteiger partial charge in [0, 0.05) is 36.8 Å². The number of nitrogens with zero attached hydrogens (tertiary/aromatic N) is 2. The Balaban J connectivity index is 1.90. The van der Waals surface area contributed by atoms with E-state index >= 15 is 0 Å². The van der Waals surface area contributed by atoms with Gasteiger partial charge in [-0.05, 0) is 75.5 Å². The van der Waals surface area contributed by atoms with Crippen molar-refractivity contribution < 1.29 is 0 Å². The van der Waals surface area contributed by atoms with Gasteiger partial charge in [0.1, 0.15) is 21.7 Å². The molecule has 0 bridgehead atoms. The van der Waals surface area contributed by atoms with Gasteiger partial charge in [-0.2, -0.15) is 0 Å². The molecule has 0 amide bonds. The molecule has 2 aliphatic heterocycles. The van der Waals surface area contributed by atoms with Crippen molar-refractivity contribution >= 4 is 29.7 Å². The fourth-order valence-corrected chi connectivity index (χ4v) is 9.20. The molecule has 3 heteroatoms. The zero-order valence-corrected chi connectivity index (χ0v) is 22.9. The van der Waals surface area contributed by atoms with Gasteiger partial charge in [-0.1, -0.05) is 49.5 Å². The fourth-order valence-electron chi connectivity index (χ4n) is 6.15. The topological polar surface area (TPSA) is 6.25 Å². The molecule has 0 saturated heterocycles. The largest absolute Gasteiger partial charge is 0.364 e. The standard InChI is InChI=1S/C32H37N2Si/c1-8-16-34(17-9-2)25-13-14-26-29(20-25)35(6,7)30-21-28-24(15-18-33(28)5)19-27(30)32(26)31-22(3)11-10-12-23(31)4/h8-14,19-21H,1-2,15-18H2,3-7H3/q+1. The van der Waals surface area contributed by atoms with E-state index in [1.807, 2.05) is 12.2 Å². The number of rotatable bonds is 6. The lowest BCUT2D eigenvalue weighted by Crippen LogP contribution is -2.64. The van der Waals surface area contributed by atoms with Gasteiger partial charge in [-0.25, -0.2) is 4.58 Å². The third-order valence-electron chi connectivity index (χ3n) is 8.03. The third kappa shape index (κ3) is 3.73. The second kappa shape index (κ2) is 8.80. The Labute approximate surface area is 211 Å². The molecule has 0 aliphatic carbocycles. The van der Waals surface area contributed by atoms with Crippen LogP contribution in [0.2, 0.25) is 13.1 Å². The summed E-state index contributed by atoms with van der Waals surface area (Å²) in [4.78, 5) is 2.36. The monoisotopic (exact) mass is 477 g/mol. The molecule has 3 aromatic carbocycles. The zero-order chi connectivity index (χ0) is 24.9. The van der Waals surface area contributed by atoms with Crippen LogP contribution in [0.3, 0.4) is 0 Å². The van der Waals surface area contributed by atoms with Crippen LogP contribution < -0.4 is 30.4 Å². The molecular weight excluding hydrogens is 440 g/mol. The second-order valence-electron chi connectivity index (χ2n) is 10.7. The van der Waals surface area contributed by atoms with Gasteiger partial charge in [0.05, 0.1) is 0 Å². The lowest BCUT2D eigenvalue weighted by molar-refractivity contribution is 0.720. The number of aryl methyl sites for hydroxylation is 2. The molecule has 178 valence electrons. The molecule has 3 aromatic rings. The van der Waals surface area contributed by atoms with E-state index in [9.17, 15) is 0 Å². The minimum atomic E-state index is -1.96. The molecule has 2 aliphatic rings. The molecule has 0 spiro atoms. The molecule has 2 nitrogen and oxygen atoms in total. The zero-order valence-electron chi connectivity index (χ0n) is 21.9. The minimum absolute atomic E-state index is 0.815. The van der Waals surface area contributed by atoms with Crippen molar-refractivity contribution in [3.8, 4) is 0 Å². The van der Waals surface area contributed by atoms with Crippen molar-refractivity contribution in [1.29, 1.82) is 0 Å². The van der Waals surface area contributed by atoms with E-state index in [-0.39, 0.29) is 0 Å². The van der Waals surface area contributed by atoms with Gasteiger partial charge in [-0.15, -0.1) is 13.2 Å². The number of hydrogen-bond donors (Lipinski definition) is 0. The molecular formula is C32H37N2Si+. The SMILES string of the molecule is C=CCN(CC=C)c1ccc2c(c1)[Si](C)(C)c1cc3c(cc1=C2c1c(C)cccc1C)CC[N+]=3C. The first kappa shape index (κ1) is 23.6. The predicted molar refractivity (Wildman–Crippen MR) is 155 cm³/mol. The highest BCUT2D eigenvalue weighted by Crippen LogP contribution is 2.31. The molecule has 0 radical (unpaired) electrons. The van der Waals surface area contributed by atoms with Crippen molar-refractivity contribution in [2.24, 2.45) is 0 Å². The van der Waals surface area contributed by atoms with Gasteiger partial charge in [0.15, 0.2) is 0 Å². The van der Waals surface area contributed by atoms with Crippen LogP contribution in [0.25, 0.3) is 5.57 Å². The van der Waals surface area contributed by atoms with Crippen molar-refractivity contribution in [1.82, 2.24) is 4.58 Å².